The van der Waals surface area contributed by atoms with E-state index < -0.39 is 76.8 Å². The fourth-order valence-corrected chi connectivity index (χ4v) is 10.2. The molecule has 0 bridgehead atoms. The van der Waals surface area contributed by atoms with E-state index in [4.69, 9.17) is 9.47 Å². The Bertz CT molecular complexity index is 1620. The van der Waals surface area contributed by atoms with Crippen molar-refractivity contribution in [2.45, 2.75) is 79.7 Å². The van der Waals surface area contributed by atoms with Gasteiger partial charge in [0, 0.05) is 45.7 Å². The number of aliphatic hydroxyl groups is 2. The largest absolute Gasteiger partial charge is 0.390 e. The van der Waals surface area contributed by atoms with Crippen LogP contribution >= 0.6 is 11.8 Å². The molecule has 7 rings (SSSR count). The quantitative estimate of drug-likeness (QED) is 0.330. The molecule has 3 saturated carbocycles. The fourth-order valence-electron chi connectivity index (χ4n) is 9.37. The van der Waals surface area contributed by atoms with Gasteiger partial charge >= 0.3 is 0 Å². The molecular formula is C36H39F2NO6S. The van der Waals surface area contributed by atoms with Crippen molar-refractivity contribution in [1.82, 2.24) is 0 Å². The zero-order valence-corrected chi connectivity index (χ0v) is 26.9. The van der Waals surface area contributed by atoms with Crippen LogP contribution in [0.15, 0.2) is 77.2 Å². The first-order valence-corrected chi connectivity index (χ1v) is 16.8. The van der Waals surface area contributed by atoms with Crippen LogP contribution in [0.3, 0.4) is 0 Å². The lowest BCUT2D eigenvalue weighted by Gasteiger charge is -2.63. The maximum Gasteiger partial charge on any atom is 0.193 e. The Morgan fingerprint density at radius 2 is 1.80 bits per heavy atom. The van der Waals surface area contributed by atoms with Crippen LogP contribution in [-0.4, -0.2) is 65.1 Å². The van der Waals surface area contributed by atoms with Gasteiger partial charge in [0.2, 0.25) is 0 Å². The number of hydrogen-bond acceptors (Lipinski definition) is 8. The average molecular weight is 652 g/mol. The van der Waals surface area contributed by atoms with Gasteiger partial charge in [-0.05, 0) is 79.7 Å². The SMILES string of the molecule is CNc1ccc(SCc2ccc([C@H]3O[C@@H]4C[C@H]5[C@@H]6C[C@H](F)C7=CC(=O)C=C[C@]7(C)[C@@]6(F)[C@@H](O)C[C@]5(C)[C@]4(C(=O)CO)O3)cc2)cc1. The minimum atomic E-state index is -2.28. The molecule has 1 heterocycles. The van der Waals surface area contributed by atoms with Crippen LogP contribution in [0.2, 0.25) is 0 Å². The topological polar surface area (TPSA) is 105 Å². The molecule has 0 aromatic heterocycles. The van der Waals surface area contributed by atoms with E-state index in [1.165, 1.54) is 12.2 Å². The third-order valence-electron chi connectivity index (χ3n) is 11.7. The predicted molar refractivity (Wildman–Crippen MR) is 170 cm³/mol. The Balaban J connectivity index is 1.15. The molecule has 4 fully saturated rings. The number of halogens is 2. The molecule has 0 spiro atoms. The van der Waals surface area contributed by atoms with E-state index in [1.807, 2.05) is 43.4 Å². The normalized spacial score (nSPS) is 40.8. The Labute approximate surface area is 271 Å². The first kappa shape index (κ1) is 31.7. The van der Waals surface area contributed by atoms with E-state index in [9.17, 15) is 19.8 Å². The summed E-state index contributed by atoms with van der Waals surface area (Å²) in [5.74, 6) is -1.83. The van der Waals surface area contributed by atoms with Crippen molar-refractivity contribution in [1.29, 1.82) is 0 Å². The van der Waals surface area contributed by atoms with Crippen LogP contribution in [-0.2, 0) is 24.8 Å². The molecule has 2 aromatic carbocycles. The van der Waals surface area contributed by atoms with Crippen LogP contribution in [0.4, 0.5) is 14.5 Å². The molecule has 46 heavy (non-hydrogen) atoms. The van der Waals surface area contributed by atoms with Crippen LogP contribution < -0.4 is 5.32 Å². The Morgan fingerprint density at radius 3 is 2.48 bits per heavy atom. The van der Waals surface area contributed by atoms with Gasteiger partial charge in [-0.1, -0.05) is 37.3 Å². The zero-order valence-electron chi connectivity index (χ0n) is 26.0. The predicted octanol–water partition coefficient (Wildman–Crippen LogP) is 5.66. The second-order valence-corrected chi connectivity index (χ2v) is 14.8. The molecule has 0 radical (unpaired) electrons. The summed E-state index contributed by atoms with van der Waals surface area (Å²) in [4.78, 5) is 27.0. The summed E-state index contributed by atoms with van der Waals surface area (Å²) in [6.45, 7) is 2.51. The lowest BCUT2D eigenvalue weighted by molar-refractivity contribution is -0.235. The summed E-state index contributed by atoms with van der Waals surface area (Å²) < 4.78 is 46.4. The first-order chi connectivity index (χ1) is 21.9. The van der Waals surface area contributed by atoms with Gasteiger partial charge in [0.15, 0.2) is 29.1 Å². The molecular weight excluding hydrogens is 612 g/mol. The van der Waals surface area contributed by atoms with Crippen molar-refractivity contribution < 1.29 is 38.1 Å². The van der Waals surface area contributed by atoms with Gasteiger partial charge in [0.1, 0.15) is 12.8 Å². The number of allylic oxidation sites excluding steroid dienone is 4. The molecule has 7 nitrogen and oxygen atoms in total. The van der Waals surface area contributed by atoms with Crippen molar-refractivity contribution in [3.8, 4) is 0 Å². The van der Waals surface area contributed by atoms with E-state index in [0.717, 1.165) is 28.0 Å². The third kappa shape index (κ3) is 4.29. The minimum absolute atomic E-state index is 0.0434. The summed E-state index contributed by atoms with van der Waals surface area (Å²) in [6, 6.07) is 15.9. The van der Waals surface area contributed by atoms with Crippen LogP contribution in [0.5, 0.6) is 0 Å². The van der Waals surface area contributed by atoms with E-state index in [0.29, 0.717) is 5.56 Å². The highest BCUT2D eigenvalue weighted by molar-refractivity contribution is 7.98. The number of hydrogen-bond donors (Lipinski definition) is 3. The van der Waals surface area contributed by atoms with Crippen LogP contribution in [0.25, 0.3) is 0 Å². The summed E-state index contributed by atoms with van der Waals surface area (Å²) >= 11 is 1.71. The molecule has 10 heteroatoms. The number of rotatable bonds is 7. The summed E-state index contributed by atoms with van der Waals surface area (Å²) in [5, 5.41) is 25.0. The summed E-state index contributed by atoms with van der Waals surface area (Å²) in [5.41, 5.74) is -3.75. The van der Waals surface area contributed by atoms with E-state index >= 15 is 8.78 Å². The van der Waals surface area contributed by atoms with Crippen molar-refractivity contribution in [2.24, 2.45) is 22.7 Å². The standard InChI is InChI=1S/C36H39F2NO6S/c1-33-13-12-23(41)14-27(33)28(37)15-26-25-16-31-36(30(43)18-40,34(25,2)17-29(42)35(26,33)38)45-32(44-31)21-6-4-20(5-7-21)19-46-24-10-8-22(39-3)9-11-24/h4-14,25-26,28-29,31-32,39-40,42H,15-19H2,1-3H3/t25-,26-,28-,29-,31+,32-,33-,34-,35-,36+/m0/s1. The smallest absolute Gasteiger partial charge is 0.193 e. The lowest BCUT2D eigenvalue weighted by atomic mass is 9.44. The molecule has 3 N–H and O–H groups in total. The highest BCUT2D eigenvalue weighted by Crippen LogP contribution is 2.72. The molecule has 244 valence electrons. The van der Waals surface area contributed by atoms with Crippen LogP contribution in [0, 0.1) is 22.7 Å². The maximum atomic E-state index is 17.6. The van der Waals surface area contributed by atoms with Gasteiger partial charge in [-0.2, -0.15) is 0 Å². The van der Waals surface area contributed by atoms with Gasteiger partial charge < -0.3 is 25.0 Å². The molecule has 10 atom stereocenters. The van der Waals surface area contributed by atoms with Gasteiger partial charge in [-0.3, -0.25) is 9.59 Å². The molecule has 4 aliphatic carbocycles. The molecule has 5 aliphatic rings. The first-order valence-electron chi connectivity index (χ1n) is 15.8. The van der Waals surface area contributed by atoms with Gasteiger partial charge in [0.05, 0.1) is 12.2 Å². The highest BCUT2D eigenvalue weighted by Gasteiger charge is 2.80. The number of benzene rings is 2. The van der Waals surface area contributed by atoms with E-state index in [1.54, 1.807) is 25.6 Å². The number of nitrogens with one attached hydrogen (secondary N) is 1. The maximum absolute atomic E-state index is 17.6. The molecule has 2 aromatic rings. The minimum Gasteiger partial charge on any atom is -0.390 e. The number of fused-ring (bicyclic) bond motifs is 7. The summed E-state index contributed by atoms with van der Waals surface area (Å²) in [7, 11) is 1.88. The summed E-state index contributed by atoms with van der Waals surface area (Å²) in [6.07, 6.45) is -1.33. The van der Waals surface area contributed by atoms with Crippen molar-refractivity contribution >= 4 is 29.0 Å². The Hall–Kier alpha value is -2.89. The third-order valence-corrected chi connectivity index (χ3v) is 12.8. The number of Topliss-reactive ketones (excluding diaryl/α,β-unsaturated/α-hetero) is 1. The van der Waals surface area contributed by atoms with E-state index in [2.05, 4.69) is 17.4 Å². The number of carbonyl (C=O) groups is 2. The number of ketones is 2. The number of ether oxygens (including phenoxy) is 2. The number of alkyl halides is 2. The van der Waals surface area contributed by atoms with Gasteiger partial charge in [0.25, 0.3) is 0 Å². The monoisotopic (exact) mass is 651 g/mol. The highest BCUT2D eigenvalue weighted by atomic mass is 32.2. The second kappa shape index (κ2) is 11.1. The molecule has 1 saturated heterocycles. The number of aliphatic hydroxyl groups excluding tert-OH is 2. The van der Waals surface area contributed by atoms with Crippen molar-refractivity contribution in [2.75, 3.05) is 19.0 Å². The van der Waals surface area contributed by atoms with Gasteiger partial charge in [-0.25, -0.2) is 8.78 Å². The van der Waals surface area contributed by atoms with E-state index in [-0.39, 0.29) is 24.8 Å². The number of carbonyl (C=O) groups excluding carboxylic acids is 2. The zero-order chi connectivity index (χ0) is 32.6. The number of thioether (sulfide) groups is 1. The molecule has 1 aliphatic heterocycles. The fraction of sp³-hybridized carbons (Fsp3) is 0.500. The number of anilines is 1. The Kier molecular flexibility index (Phi) is 7.64. The second-order valence-electron chi connectivity index (χ2n) is 13.8. The Morgan fingerprint density at radius 1 is 1.09 bits per heavy atom. The van der Waals surface area contributed by atoms with Crippen molar-refractivity contribution in [3.63, 3.8) is 0 Å². The lowest BCUT2D eigenvalue weighted by Crippen LogP contribution is -2.70. The van der Waals surface area contributed by atoms with Gasteiger partial charge in [-0.15, -0.1) is 11.8 Å². The average Bonchev–Trinajstić information content (AvgIpc) is 3.55. The van der Waals surface area contributed by atoms with Crippen LogP contribution in [0.1, 0.15) is 50.5 Å². The van der Waals surface area contributed by atoms with Crippen molar-refractivity contribution in [3.05, 3.63) is 83.5 Å². The molecule has 0 amide bonds. The molecule has 0 unspecified atom stereocenters.